The van der Waals surface area contributed by atoms with E-state index in [-0.39, 0.29) is 6.10 Å². The highest BCUT2D eigenvalue weighted by Crippen LogP contribution is 2.17. The summed E-state index contributed by atoms with van der Waals surface area (Å²) in [6.07, 6.45) is 2.26. The lowest BCUT2D eigenvalue weighted by Crippen LogP contribution is -2.27. The minimum absolute atomic E-state index is 0.159. The van der Waals surface area contributed by atoms with Crippen LogP contribution in [0.1, 0.15) is 18.4 Å². The Morgan fingerprint density at radius 2 is 2.13 bits per heavy atom. The fourth-order valence-corrected chi connectivity index (χ4v) is 1.60. The van der Waals surface area contributed by atoms with Crippen molar-refractivity contribution in [1.29, 1.82) is 5.26 Å². The number of rotatable bonds is 2. The molecule has 0 amide bonds. The van der Waals surface area contributed by atoms with Crippen LogP contribution in [0.3, 0.4) is 0 Å². The fourth-order valence-electron chi connectivity index (χ4n) is 1.60. The van der Waals surface area contributed by atoms with Gasteiger partial charge in [0.2, 0.25) is 0 Å². The SMILES string of the molecule is N#Cc1ccc(OC2CCCOC2)cc1. The Balaban J connectivity index is 1.95. The molecule has 1 saturated heterocycles. The van der Waals surface area contributed by atoms with E-state index in [1.165, 1.54) is 0 Å². The molecule has 1 heterocycles. The Morgan fingerprint density at radius 3 is 2.73 bits per heavy atom. The van der Waals surface area contributed by atoms with Gasteiger partial charge in [0.25, 0.3) is 0 Å². The van der Waals surface area contributed by atoms with E-state index in [2.05, 4.69) is 6.07 Å². The molecule has 0 radical (unpaired) electrons. The van der Waals surface area contributed by atoms with E-state index in [9.17, 15) is 0 Å². The monoisotopic (exact) mass is 203 g/mol. The zero-order valence-corrected chi connectivity index (χ0v) is 8.48. The molecular formula is C12H13NO2. The second-order valence-corrected chi connectivity index (χ2v) is 3.59. The predicted octanol–water partition coefficient (Wildman–Crippen LogP) is 2.12. The van der Waals surface area contributed by atoms with Crippen molar-refractivity contribution in [3.63, 3.8) is 0 Å². The second kappa shape index (κ2) is 4.81. The molecule has 0 aromatic heterocycles. The molecule has 1 fully saturated rings. The molecule has 0 bridgehead atoms. The van der Waals surface area contributed by atoms with Crippen molar-refractivity contribution < 1.29 is 9.47 Å². The van der Waals surface area contributed by atoms with Crippen molar-refractivity contribution in [2.45, 2.75) is 18.9 Å². The molecule has 1 atom stereocenters. The number of benzene rings is 1. The van der Waals surface area contributed by atoms with Gasteiger partial charge in [0.15, 0.2) is 0 Å². The highest BCUT2D eigenvalue weighted by molar-refractivity contribution is 5.34. The molecule has 1 aromatic rings. The molecule has 15 heavy (non-hydrogen) atoms. The number of nitrogens with zero attached hydrogens (tertiary/aromatic N) is 1. The summed E-state index contributed by atoms with van der Waals surface area (Å²) in [7, 11) is 0. The van der Waals surface area contributed by atoms with Gasteiger partial charge in [-0.3, -0.25) is 0 Å². The largest absolute Gasteiger partial charge is 0.488 e. The van der Waals surface area contributed by atoms with Gasteiger partial charge in [-0.25, -0.2) is 0 Å². The third-order valence-electron chi connectivity index (χ3n) is 2.40. The van der Waals surface area contributed by atoms with Gasteiger partial charge in [-0.2, -0.15) is 5.26 Å². The Kier molecular flexibility index (Phi) is 3.21. The van der Waals surface area contributed by atoms with Crippen molar-refractivity contribution in [3.05, 3.63) is 29.8 Å². The zero-order chi connectivity index (χ0) is 10.5. The van der Waals surface area contributed by atoms with Gasteiger partial charge in [0, 0.05) is 6.61 Å². The molecule has 78 valence electrons. The molecule has 1 aromatic carbocycles. The van der Waals surface area contributed by atoms with E-state index in [0.717, 1.165) is 25.2 Å². The van der Waals surface area contributed by atoms with E-state index in [0.29, 0.717) is 12.2 Å². The molecule has 3 nitrogen and oxygen atoms in total. The first-order valence-electron chi connectivity index (χ1n) is 5.13. The van der Waals surface area contributed by atoms with E-state index >= 15 is 0 Å². The third kappa shape index (κ3) is 2.71. The average Bonchev–Trinajstić information content (AvgIpc) is 2.31. The summed E-state index contributed by atoms with van der Waals surface area (Å²) >= 11 is 0. The van der Waals surface area contributed by atoms with Crippen LogP contribution >= 0.6 is 0 Å². The van der Waals surface area contributed by atoms with E-state index in [1.54, 1.807) is 12.1 Å². The summed E-state index contributed by atoms with van der Waals surface area (Å²) in [4.78, 5) is 0. The maximum Gasteiger partial charge on any atom is 0.122 e. The molecular weight excluding hydrogens is 190 g/mol. The molecule has 3 heteroatoms. The maximum absolute atomic E-state index is 8.64. The van der Waals surface area contributed by atoms with Gasteiger partial charge in [-0.05, 0) is 37.1 Å². The van der Waals surface area contributed by atoms with Gasteiger partial charge in [-0.15, -0.1) is 0 Å². The third-order valence-corrected chi connectivity index (χ3v) is 2.40. The molecule has 0 N–H and O–H groups in total. The van der Waals surface area contributed by atoms with E-state index in [1.807, 2.05) is 12.1 Å². The zero-order valence-electron chi connectivity index (χ0n) is 8.48. The van der Waals surface area contributed by atoms with Crippen molar-refractivity contribution >= 4 is 0 Å². The minimum atomic E-state index is 0.159. The van der Waals surface area contributed by atoms with Crippen LogP contribution in [0.4, 0.5) is 0 Å². The Hall–Kier alpha value is -1.53. The second-order valence-electron chi connectivity index (χ2n) is 3.59. The van der Waals surface area contributed by atoms with Crippen LogP contribution in [0.2, 0.25) is 0 Å². The smallest absolute Gasteiger partial charge is 0.122 e. The molecule has 1 aliphatic heterocycles. The summed E-state index contributed by atoms with van der Waals surface area (Å²) in [5.74, 6) is 0.810. The van der Waals surface area contributed by atoms with Crippen molar-refractivity contribution in [1.82, 2.24) is 0 Å². The Morgan fingerprint density at radius 1 is 1.33 bits per heavy atom. The molecule has 0 spiro atoms. The lowest BCUT2D eigenvalue weighted by Gasteiger charge is -2.23. The molecule has 2 rings (SSSR count). The van der Waals surface area contributed by atoms with Crippen LogP contribution in [0.25, 0.3) is 0 Å². The molecule has 0 saturated carbocycles. The first-order valence-corrected chi connectivity index (χ1v) is 5.13. The minimum Gasteiger partial charge on any atom is -0.488 e. The van der Waals surface area contributed by atoms with Crippen LogP contribution in [0, 0.1) is 11.3 Å². The van der Waals surface area contributed by atoms with Gasteiger partial charge in [0.05, 0.1) is 18.2 Å². The van der Waals surface area contributed by atoms with Gasteiger partial charge in [-0.1, -0.05) is 0 Å². The van der Waals surface area contributed by atoms with Crippen LogP contribution in [0.15, 0.2) is 24.3 Å². The van der Waals surface area contributed by atoms with Crippen molar-refractivity contribution in [2.75, 3.05) is 13.2 Å². The summed E-state index contributed by atoms with van der Waals surface area (Å²) in [6, 6.07) is 9.26. The number of hydrogen-bond acceptors (Lipinski definition) is 3. The first kappa shape index (κ1) is 10.0. The normalized spacial score (nSPS) is 20.6. The van der Waals surface area contributed by atoms with Gasteiger partial charge >= 0.3 is 0 Å². The fraction of sp³-hybridized carbons (Fsp3) is 0.417. The van der Waals surface area contributed by atoms with Crippen LogP contribution in [-0.4, -0.2) is 19.3 Å². The predicted molar refractivity (Wildman–Crippen MR) is 55.6 cm³/mol. The molecule has 0 aliphatic carbocycles. The summed E-state index contributed by atoms with van der Waals surface area (Å²) < 4.78 is 11.0. The molecule has 1 aliphatic rings. The number of nitriles is 1. The number of hydrogen-bond donors (Lipinski definition) is 0. The van der Waals surface area contributed by atoms with Crippen LogP contribution in [0.5, 0.6) is 5.75 Å². The summed E-state index contributed by atoms with van der Waals surface area (Å²) in [5.41, 5.74) is 0.655. The summed E-state index contributed by atoms with van der Waals surface area (Å²) in [5, 5.41) is 8.64. The molecule has 1 unspecified atom stereocenters. The van der Waals surface area contributed by atoms with Gasteiger partial charge in [0.1, 0.15) is 11.9 Å². The average molecular weight is 203 g/mol. The quantitative estimate of drug-likeness (QED) is 0.739. The first-order chi connectivity index (χ1) is 7.38. The van der Waals surface area contributed by atoms with E-state index in [4.69, 9.17) is 14.7 Å². The highest BCUT2D eigenvalue weighted by atomic mass is 16.5. The van der Waals surface area contributed by atoms with Crippen molar-refractivity contribution in [2.24, 2.45) is 0 Å². The van der Waals surface area contributed by atoms with Crippen LogP contribution in [-0.2, 0) is 4.74 Å². The maximum atomic E-state index is 8.64. The highest BCUT2D eigenvalue weighted by Gasteiger charge is 2.14. The Labute approximate surface area is 89.2 Å². The topological polar surface area (TPSA) is 42.2 Å². The van der Waals surface area contributed by atoms with E-state index < -0.39 is 0 Å². The van der Waals surface area contributed by atoms with Crippen molar-refractivity contribution in [3.8, 4) is 11.8 Å². The van der Waals surface area contributed by atoms with Gasteiger partial charge < -0.3 is 9.47 Å². The lowest BCUT2D eigenvalue weighted by molar-refractivity contribution is 0.00743. The lowest BCUT2D eigenvalue weighted by atomic mass is 10.1. The van der Waals surface area contributed by atoms with Crippen LogP contribution < -0.4 is 4.74 Å². The Bertz CT molecular complexity index is 347. The number of ether oxygens (including phenoxy) is 2. The standard InChI is InChI=1S/C12H13NO2/c13-8-10-3-5-11(6-4-10)15-12-2-1-7-14-9-12/h3-6,12H,1-2,7,9H2. The summed E-state index contributed by atoms with van der Waals surface area (Å²) in [6.45, 7) is 1.51.